The van der Waals surface area contributed by atoms with Crippen LogP contribution in [0.4, 0.5) is 11.4 Å². The second-order valence-corrected chi connectivity index (χ2v) is 12.0. The first-order valence-corrected chi connectivity index (χ1v) is 16.5. The maximum Gasteiger partial charge on any atom is 0.185 e. The Bertz CT molecular complexity index is 1740. The van der Waals surface area contributed by atoms with Gasteiger partial charge in [0.2, 0.25) is 0 Å². The first kappa shape index (κ1) is 35.1. The van der Waals surface area contributed by atoms with E-state index in [9.17, 15) is 19.9 Å². The molecule has 0 amide bonds. The Morgan fingerprint density at radius 1 is 0.694 bits per heavy atom. The van der Waals surface area contributed by atoms with Gasteiger partial charge in [-0.1, -0.05) is 30.3 Å². The summed E-state index contributed by atoms with van der Waals surface area (Å²) in [6.45, 7) is 8.80. The summed E-state index contributed by atoms with van der Waals surface area (Å²) in [5.41, 5.74) is 6.45. The molecule has 2 fully saturated rings. The van der Waals surface area contributed by atoms with Crippen molar-refractivity contribution >= 4 is 35.1 Å². The maximum atomic E-state index is 12.4. The molecule has 49 heavy (non-hydrogen) atoms. The van der Waals surface area contributed by atoms with Crippen LogP contribution in [0, 0.1) is 6.92 Å². The van der Waals surface area contributed by atoms with E-state index < -0.39 is 0 Å². The summed E-state index contributed by atoms with van der Waals surface area (Å²) in [5.74, 6) is 0.915. The van der Waals surface area contributed by atoms with Gasteiger partial charge in [0.05, 0.1) is 7.11 Å². The lowest BCUT2D eigenvalue weighted by atomic mass is 10.1. The number of aryl methyl sites for hydroxylation is 1. The fourth-order valence-electron chi connectivity index (χ4n) is 5.62. The number of allylic oxidation sites excluding steroid dienone is 2. The molecule has 0 radical (unpaired) electrons. The van der Waals surface area contributed by atoms with Crippen molar-refractivity contribution in [3.8, 4) is 11.5 Å². The summed E-state index contributed by atoms with van der Waals surface area (Å²) in [7, 11) is 1.64. The summed E-state index contributed by atoms with van der Waals surface area (Å²) in [4.78, 5) is 29.2. The predicted octanol–water partition coefficient (Wildman–Crippen LogP) is 6.11. The number of piperazine rings is 2. The highest BCUT2D eigenvalue weighted by molar-refractivity contribution is 6.07. The number of ether oxygens (including phenoxy) is 1. The van der Waals surface area contributed by atoms with Crippen LogP contribution < -0.4 is 19.9 Å². The molecule has 0 saturated carbocycles. The van der Waals surface area contributed by atoms with Crippen LogP contribution in [0.15, 0.2) is 103 Å². The molecule has 2 aliphatic rings. The average Bonchev–Trinajstić information content (AvgIpc) is 3.15. The van der Waals surface area contributed by atoms with Crippen LogP contribution in [0.5, 0.6) is 11.5 Å². The normalized spacial score (nSPS) is 15.2. The van der Waals surface area contributed by atoms with E-state index in [-0.39, 0.29) is 17.3 Å². The summed E-state index contributed by atoms with van der Waals surface area (Å²) in [6, 6.07) is 28.0. The Kier molecular flexibility index (Phi) is 12.4. The molecule has 4 aromatic carbocycles. The van der Waals surface area contributed by atoms with Gasteiger partial charge in [0.15, 0.2) is 11.6 Å². The van der Waals surface area contributed by atoms with Gasteiger partial charge in [-0.2, -0.15) is 5.06 Å². The molecular formula is C40H44N4O5. The first-order valence-electron chi connectivity index (χ1n) is 16.5. The van der Waals surface area contributed by atoms with E-state index in [1.54, 1.807) is 43.5 Å². The fourth-order valence-corrected chi connectivity index (χ4v) is 5.62. The van der Waals surface area contributed by atoms with Crippen molar-refractivity contribution in [2.45, 2.75) is 6.92 Å². The number of methoxy groups -OCH3 is 1. The minimum atomic E-state index is -0.0604. The third-order valence-electron chi connectivity index (χ3n) is 8.53. The zero-order valence-electron chi connectivity index (χ0n) is 28.1. The largest absolute Gasteiger partial charge is 0.508 e. The van der Waals surface area contributed by atoms with Gasteiger partial charge < -0.3 is 30.2 Å². The Morgan fingerprint density at radius 3 is 1.78 bits per heavy atom. The molecule has 0 bridgehead atoms. The van der Waals surface area contributed by atoms with Crippen molar-refractivity contribution in [1.29, 1.82) is 0 Å². The predicted molar refractivity (Wildman–Crippen MR) is 196 cm³/mol. The fraction of sp³-hybridized carbons (Fsp3) is 0.250. The number of hydrogen-bond acceptors (Lipinski definition) is 9. The lowest BCUT2D eigenvalue weighted by Gasteiger charge is -2.32. The summed E-state index contributed by atoms with van der Waals surface area (Å²) in [5, 5.41) is 23.3. The van der Waals surface area contributed by atoms with Crippen molar-refractivity contribution in [2.24, 2.45) is 0 Å². The molecule has 6 rings (SSSR count). The topological polar surface area (TPSA) is 106 Å². The number of hydroxylamine groups is 2. The van der Waals surface area contributed by atoms with Gasteiger partial charge in [-0.3, -0.25) is 9.59 Å². The SMILES string of the molecule is COc1cc(C)ccc1/C=C/C(=O)c1ccc(N2CCNCC2)cc1.O=C(/C=C/c1ccc(O)cc1)c1ccc(N2CCN(O)CC2)cc1. The van der Waals surface area contributed by atoms with Crippen LogP contribution in [0.1, 0.15) is 37.4 Å². The van der Waals surface area contributed by atoms with E-state index in [0.717, 1.165) is 67.4 Å². The van der Waals surface area contributed by atoms with Gasteiger partial charge in [0.1, 0.15) is 11.5 Å². The van der Waals surface area contributed by atoms with Crippen LogP contribution in [0.25, 0.3) is 12.2 Å². The number of aromatic hydroxyl groups is 1. The third kappa shape index (κ3) is 10.1. The van der Waals surface area contributed by atoms with Crippen LogP contribution in [-0.2, 0) is 0 Å². The van der Waals surface area contributed by atoms with Gasteiger partial charge in [-0.05, 0) is 103 Å². The van der Waals surface area contributed by atoms with Gasteiger partial charge in [0.25, 0.3) is 0 Å². The molecule has 0 atom stereocenters. The second-order valence-electron chi connectivity index (χ2n) is 12.0. The molecule has 2 saturated heterocycles. The molecular weight excluding hydrogens is 616 g/mol. The summed E-state index contributed by atoms with van der Waals surface area (Å²) in [6.07, 6.45) is 6.68. The molecule has 3 N–H and O–H groups in total. The van der Waals surface area contributed by atoms with E-state index in [0.29, 0.717) is 24.2 Å². The highest BCUT2D eigenvalue weighted by Crippen LogP contribution is 2.22. The quantitative estimate of drug-likeness (QED) is 0.145. The molecule has 2 heterocycles. The number of carbonyl (C=O) groups excluding carboxylic acids is 2. The highest BCUT2D eigenvalue weighted by Gasteiger charge is 2.16. The van der Waals surface area contributed by atoms with Crippen molar-refractivity contribution in [2.75, 3.05) is 69.3 Å². The maximum absolute atomic E-state index is 12.4. The average molecular weight is 661 g/mol. The smallest absolute Gasteiger partial charge is 0.185 e. The minimum absolute atomic E-state index is 0.00510. The molecule has 0 spiro atoms. The number of ketones is 2. The number of rotatable bonds is 9. The Morgan fingerprint density at radius 2 is 1.22 bits per heavy atom. The van der Waals surface area contributed by atoms with Crippen molar-refractivity contribution in [3.05, 3.63) is 131 Å². The van der Waals surface area contributed by atoms with Gasteiger partial charge in [-0.15, -0.1) is 0 Å². The standard InChI is InChI=1S/C21H24N2O2.C19H20N2O3/c1-16-3-4-18(21(15-16)25-2)7-10-20(24)17-5-8-19(9-6-17)23-13-11-22-12-14-23;22-18-8-1-15(2-9-18)3-10-19(23)16-4-6-17(7-5-16)20-11-13-21(24)14-12-20/h3-10,15,22H,11-14H2,1-2H3;1-10,22,24H,11-14H2/b10-7+;10-3+. The third-order valence-corrected chi connectivity index (χ3v) is 8.53. The van der Waals surface area contributed by atoms with Crippen molar-refractivity contribution in [3.63, 3.8) is 0 Å². The zero-order chi connectivity index (χ0) is 34.6. The van der Waals surface area contributed by atoms with Gasteiger partial charge in [-0.25, -0.2) is 0 Å². The molecule has 0 unspecified atom stereocenters. The Balaban J connectivity index is 0.000000191. The molecule has 0 aliphatic carbocycles. The van der Waals surface area contributed by atoms with Crippen LogP contribution in [0.2, 0.25) is 0 Å². The van der Waals surface area contributed by atoms with E-state index in [4.69, 9.17) is 4.74 Å². The second kappa shape index (κ2) is 17.3. The highest BCUT2D eigenvalue weighted by atomic mass is 16.5. The number of phenols is 1. The summed E-state index contributed by atoms with van der Waals surface area (Å²) < 4.78 is 5.37. The van der Waals surface area contributed by atoms with Crippen LogP contribution >= 0.6 is 0 Å². The van der Waals surface area contributed by atoms with Crippen LogP contribution in [-0.4, -0.2) is 86.4 Å². The zero-order valence-corrected chi connectivity index (χ0v) is 28.1. The number of anilines is 2. The van der Waals surface area contributed by atoms with Crippen molar-refractivity contribution in [1.82, 2.24) is 10.4 Å². The molecule has 9 nitrogen and oxygen atoms in total. The monoisotopic (exact) mass is 660 g/mol. The molecule has 0 aromatic heterocycles. The molecule has 2 aliphatic heterocycles. The minimum Gasteiger partial charge on any atom is -0.508 e. The Hall–Kier alpha value is -5.22. The molecule has 4 aromatic rings. The molecule has 9 heteroatoms. The van der Waals surface area contributed by atoms with E-state index in [2.05, 4.69) is 15.1 Å². The van der Waals surface area contributed by atoms with E-state index >= 15 is 0 Å². The first-order chi connectivity index (χ1) is 23.8. The summed E-state index contributed by atoms with van der Waals surface area (Å²) >= 11 is 0. The Labute approximate surface area is 288 Å². The van der Waals surface area contributed by atoms with Crippen molar-refractivity contribution < 1.29 is 24.6 Å². The lowest BCUT2D eigenvalue weighted by molar-refractivity contribution is -0.0935. The van der Waals surface area contributed by atoms with Gasteiger partial charge in [0, 0.05) is 80.4 Å². The number of phenolic OH excluding ortho intramolecular Hbond substituents is 1. The number of carbonyl (C=O) groups is 2. The lowest BCUT2D eigenvalue weighted by Crippen LogP contribution is -2.44. The number of benzene rings is 4. The van der Waals surface area contributed by atoms with E-state index in [1.165, 1.54) is 16.8 Å². The van der Waals surface area contributed by atoms with E-state index in [1.807, 2.05) is 79.7 Å². The molecule has 254 valence electrons. The number of nitrogens with zero attached hydrogens (tertiary/aromatic N) is 3. The van der Waals surface area contributed by atoms with Crippen LogP contribution in [0.3, 0.4) is 0 Å². The van der Waals surface area contributed by atoms with Gasteiger partial charge >= 0.3 is 0 Å². The number of hydrogen-bond donors (Lipinski definition) is 3. The number of nitrogens with one attached hydrogen (secondary N) is 1.